The van der Waals surface area contributed by atoms with Crippen LogP contribution in [0.15, 0.2) is 0 Å². The van der Waals surface area contributed by atoms with Crippen LogP contribution in [0.4, 0.5) is 0 Å². The normalized spacial score (nSPS) is 27.8. The number of hydrogen-bond donors (Lipinski definition) is 1. The molecule has 0 aromatic rings. The van der Waals surface area contributed by atoms with E-state index in [0.29, 0.717) is 12.2 Å². The van der Waals surface area contributed by atoms with Crippen molar-refractivity contribution >= 4 is 5.78 Å². The lowest BCUT2D eigenvalue weighted by Gasteiger charge is -2.08. The first-order valence-electron chi connectivity index (χ1n) is 5.06. The average molecular weight is 185 g/mol. The Morgan fingerprint density at radius 1 is 1.62 bits per heavy atom. The molecule has 0 saturated carbocycles. The number of ether oxygens (including phenoxy) is 1. The van der Waals surface area contributed by atoms with Crippen LogP contribution in [0.25, 0.3) is 0 Å². The van der Waals surface area contributed by atoms with Crippen molar-refractivity contribution in [3.63, 3.8) is 0 Å². The highest BCUT2D eigenvalue weighted by Crippen LogP contribution is 2.12. The summed E-state index contributed by atoms with van der Waals surface area (Å²) in [6.07, 6.45) is 3.89. The molecule has 1 aliphatic rings. The van der Waals surface area contributed by atoms with E-state index in [0.717, 1.165) is 25.8 Å². The predicted molar refractivity (Wildman–Crippen MR) is 51.7 cm³/mol. The first-order chi connectivity index (χ1) is 6.27. The van der Waals surface area contributed by atoms with Crippen LogP contribution in [-0.2, 0) is 9.53 Å². The lowest BCUT2D eigenvalue weighted by Crippen LogP contribution is -2.30. The zero-order valence-corrected chi connectivity index (χ0v) is 8.51. The number of rotatable bonds is 5. The summed E-state index contributed by atoms with van der Waals surface area (Å²) >= 11 is 0. The molecular weight excluding hydrogens is 166 g/mol. The monoisotopic (exact) mass is 185 g/mol. The van der Waals surface area contributed by atoms with Gasteiger partial charge in [0, 0.05) is 20.1 Å². The van der Waals surface area contributed by atoms with Crippen LogP contribution in [-0.4, -0.2) is 31.6 Å². The molecule has 0 aliphatic carbocycles. The van der Waals surface area contributed by atoms with E-state index in [1.807, 2.05) is 0 Å². The number of unbranched alkanes of at least 4 members (excludes halogenated alkanes) is 1. The number of methoxy groups -OCH3 is 1. The Hall–Kier alpha value is -0.410. The van der Waals surface area contributed by atoms with E-state index in [1.54, 1.807) is 7.11 Å². The topological polar surface area (TPSA) is 38.3 Å². The Morgan fingerprint density at radius 2 is 2.38 bits per heavy atom. The highest BCUT2D eigenvalue weighted by Gasteiger charge is 2.28. The number of Topliss-reactive ketones (excluding diaryl/α,β-unsaturated/α-hetero) is 1. The molecule has 1 fully saturated rings. The number of carbonyl (C=O) groups excluding carboxylic acids is 1. The minimum absolute atomic E-state index is 0.0523. The summed E-state index contributed by atoms with van der Waals surface area (Å²) in [6, 6.07) is 0.0523. The highest BCUT2D eigenvalue weighted by molar-refractivity contribution is 5.84. The maximum atomic E-state index is 11.5. The number of ketones is 1. The van der Waals surface area contributed by atoms with Crippen LogP contribution < -0.4 is 5.32 Å². The van der Waals surface area contributed by atoms with E-state index < -0.39 is 0 Å². The minimum atomic E-state index is 0.0523. The van der Waals surface area contributed by atoms with Gasteiger partial charge in [-0.1, -0.05) is 13.3 Å². The molecule has 13 heavy (non-hydrogen) atoms. The van der Waals surface area contributed by atoms with E-state index >= 15 is 0 Å². The summed E-state index contributed by atoms with van der Waals surface area (Å²) in [7, 11) is 1.70. The largest absolute Gasteiger partial charge is 0.380 e. The Labute approximate surface area is 79.8 Å². The second kappa shape index (κ2) is 5.35. The molecule has 76 valence electrons. The van der Waals surface area contributed by atoms with Gasteiger partial charge in [-0.2, -0.15) is 0 Å². The van der Waals surface area contributed by atoms with Gasteiger partial charge in [-0.15, -0.1) is 0 Å². The van der Waals surface area contributed by atoms with E-state index in [1.165, 1.54) is 0 Å². The van der Waals surface area contributed by atoms with Crippen molar-refractivity contribution in [2.75, 3.05) is 13.7 Å². The van der Waals surface area contributed by atoms with Gasteiger partial charge < -0.3 is 10.1 Å². The summed E-state index contributed by atoms with van der Waals surface area (Å²) in [6.45, 7) is 2.92. The van der Waals surface area contributed by atoms with Crippen LogP contribution in [0.3, 0.4) is 0 Å². The molecular formula is C10H19NO2. The van der Waals surface area contributed by atoms with Crippen LogP contribution in [0.1, 0.15) is 32.6 Å². The van der Waals surface area contributed by atoms with Crippen LogP contribution in [0.5, 0.6) is 0 Å². The summed E-state index contributed by atoms with van der Waals surface area (Å²) in [5.41, 5.74) is 0. The van der Waals surface area contributed by atoms with Gasteiger partial charge in [0.15, 0.2) is 0 Å². The third-order valence-electron chi connectivity index (χ3n) is 2.59. The SMILES string of the molecule is CCCCC(=O)C1CC(OC)CN1. The Balaban J connectivity index is 2.25. The maximum absolute atomic E-state index is 11.5. The van der Waals surface area contributed by atoms with E-state index in [2.05, 4.69) is 12.2 Å². The zero-order chi connectivity index (χ0) is 9.68. The van der Waals surface area contributed by atoms with Gasteiger partial charge >= 0.3 is 0 Å². The Morgan fingerprint density at radius 3 is 2.92 bits per heavy atom. The van der Waals surface area contributed by atoms with E-state index in [9.17, 15) is 4.79 Å². The minimum Gasteiger partial charge on any atom is -0.380 e. The van der Waals surface area contributed by atoms with Gasteiger partial charge in [0.2, 0.25) is 0 Å². The van der Waals surface area contributed by atoms with Crippen molar-refractivity contribution in [3.8, 4) is 0 Å². The molecule has 0 aromatic heterocycles. The van der Waals surface area contributed by atoms with Crippen molar-refractivity contribution < 1.29 is 9.53 Å². The van der Waals surface area contributed by atoms with Crippen molar-refractivity contribution in [2.24, 2.45) is 0 Å². The first kappa shape index (κ1) is 10.7. The molecule has 0 amide bonds. The number of nitrogens with one attached hydrogen (secondary N) is 1. The smallest absolute Gasteiger partial charge is 0.149 e. The third-order valence-corrected chi connectivity index (χ3v) is 2.59. The summed E-state index contributed by atoms with van der Waals surface area (Å²) in [4.78, 5) is 11.5. The quantitative estimate of drug-likeness (QED) is 0.697. The van der Waals surface area contributed by atoms with Gasteiger partial charge in [-0.25, -0.2) is 0 Å². The Kier molecular flexibility index (Phi) is 4.39. The average Bonchev–Trinajstić information content (AvgIpc) is 2.62. The molecule has 0 spiro atoms. The van der Waals surface area contributed by atoms with Crippen LogP contribution >= 0.6 is 0 Å². The molecule has 1 heterocycles. The number of carbonyl (C=O) groups is 1. The summed E-state index contributed by atoms with van der Waals surface area (Å²) in [5, 5.41) is 3.19. The first-order valence-corrected chi connectivity index (χ1v) is 5.06. The molecule has 0 bridgehead atoms. The van der Waals surface area contributed by atoms with E-state index in [4.69, 9.17) is 4.74 Å². The molecule has 0 radical (unpaired) electrons. The third kappa shape index (κ3) is 3.08. The fraction of sp³-hybridized carbons (Fsp3) is 0.900. The van der Waals surface area contributed by atoms with Crippen LogP contribution in [0, 0.1) is 0 Å². The maximum Gasteiger partial charge on any atom is 0.149 e. The zero-order valence-electron chi connectivity index (χ0n) is 8.51. The second-order valence-electron chi connectivity index (χ2n) is 3.62. The molecule has 1 N–H and O–H groups in total. The molecule has 1 aliphatic heterocycles. The van der Waals surface area contributed by atoms with Crippen molar-refractivity contribution in [1.82, 2.24) is 5.32 Å². The molecule has 1 saturated heterocycles. The van der Waals surface area contributed by atoms with Crippen molar-refractivity contribution in [2.45, 2.75) is 44.8 Å². The van der Waals surface area contributed by atoms with Gasteiger partial charge in [0.1, 0.15) is 5.78 Å². The van der Waals surface area contributed by atoms with Gasteiger partial charge in [0.05, 0.1) is 12.1 Å². The lowest BCUT2D eigenvalue weighted by atomic mass is 10.0. The van der Waals surface area contributed by atoms with Crippen LogP contribution in [0.2, 0.25) is 0 Å². The van der Waals surface area contributed by atoms with E-state index in [-0.39, 0.29) is 12.1 Å². The Bertz CT molecular complexity index is 170. The molecule has 3 nitrogen and oxygen atoms in total. The lowest BCUT2D eigenvalue weighted by molar-refractivity contribution is -0.121. The van der Waals surface area contributed by atoms with Gasteiger partial charge in [0.25, 0.3) is 0 Å². The van der Waals surface area contributed by atoms with Crippen molar-refractivity contribution in [3.05, 3.63) is 0 Å². The highest BCUT2D eigenvalue weighted by atomic mass is 16.5. The number of hydrogen-bond acceptors (Lipinski definition) is 3. The van der Waals surface area contributed by atoms with Crippen molar-refractivity contribution in [1.29, 1.82) is 0 Å². The molecule has 3 heteroatoms. The fourth-order valence-corrected chi connectivity index (χ4v) is 1.65. The molecule has 0 aromatic carbocycles. The molecule has 2 atom stereocenters. The second-order valence-corrected chi connectivity index (χ2v) is 3.62. The predicted octanol–water partition coefficient (Wildman–Crippen LogP) is 1.12. The fourth-order valence-electron chi connectivity index (χ4n) is 1.65. The summed E-state index contributed by atoms with van der Waals surface area (Å²) in [5.74, 6) is 0.349. The molecule has 1 rings (SSSR count). The molecule has 2 unspecified atom stereocenters. The van der Waals surface area contributed by atoms with Gasteiger partial charge in [-0.3, -0.25) is 4.79 Å². The standard InChI is InChI=1S/C10H19NO2/c1-3-4-5-10(12)9-6-8(13-2)7-11-9/h8-9,11H,3-7H2,1-2H3. The van der Waals surface area contributed by atoms with Gasteiger partial charge in [-0.05, 0) is 12.8 Å². The summed E-state index contributed by atoms with van der Waals surface area (Å²) < 4.78 is 5.18.